The lowest BCUT2D eigenvalue weighted by Gasteiger charge is -2.23. The highest BCUT2D eigenvalue weighted by Crippen LogP contribution is 2.24. The molecule has 0 saturated heterocycles. The van der Waals surface area contributed by atoms with Crippen LogP contribution in [0.2, 0.25) is 0 Å². The normalized spacial score (nSPS) is 15.8. The molecule has 0 radical (unpaired) electrons. The van der Waals surface area contributed by atoms with E-state index in [1.165, 1.54) is 4.90 Å². The summed E-state index contributed by atoms with van der Waals surface area (Å²) < 4.78 is 5.13. The van der Waals surface area contributed by atoms with Crippen LogP contribution < -0.4 is 10.1 Å². The van der Waals surface area contributed by atoms with Crippen LogP contribution in [0.25, 0.3) is 0 Å². The van der Waals surface area contributed by atoms with Crippen molar-refractivity contribution in [3.63, 3.8) is 0 Å². The van der Waals surface area contributed by atoms with Crippen molar-refractivity contribution in [3.8, 4) is 5.75 Å². The predicted octanol–water partition coefficient (Wildman–Crippen LogP) is 2.44. The predicted molar refractivity (Wildman–Crippen MR) is 96.0 cm³/mol. The number of benzene rings is 1. The third-order valence-corrected chi connectivity index (χ3v) is 4.52. The van der Waals surface area contributed by atoms with Gasteiger partial charge in [0.25, 0.3) is 0 Å². The second-order valence-electron chi connectivity index (χ2n) is 6.84. The molecule has 1 aliphatic carbocycles. The molecule has 1 aliphatic rings. The van der Waals surface area contributed by atoms with Crippen LogP contribution >= 0.6 is 0 Å². The van der Waals surface area contributed by atoms with Gasteiger partial charge in [-0.05, 0) is 30.5 Å². The van der Waals surface area contributed by atoms with Crippen molar-refractivity contribution >= 4 is 18.0 Å². The van der Waals surface area contributed by atoms with Crippen LogP contribution in [0.3, 0.4) is 0 Å². The minimum Gasteiger partial charge on any atom is -0.480 e. The molecule has 142 valence electrons. The van der Waals surface area contributed by atoms with Crippen molar-refractivity contribution in [1.82, 2.24) is 10.2 Å². The standard InChI is InChI=1S/C19H26N2O5/c1-21(2)19(25)26-15-10-8-13(9-11-15)12-16(18(23)24)20-17(22)14-6-4-3-5-7-14/h8-11,14,16H,3-7,12H2,1-2H3,(H,20,22)(H,23,24)/t16-/m0/s1. The highest BCUT2D eigenvalue weighted by Gasteiger charge is 2.26. The number of carboxylic acid groups (broad SMARTS) is 1. The molecule has 1 saturated carbocycles. The van der Waals surface area contributed by atoms with Crippen molar-refractivity contribution in [2.75, 3.05) is 14.1 Å². The van der Waals surface area contributed by atoms with E-state index in [0.29, 0.717) is 5.75 Å². The SMILES string of the molecule is CN(C)C(=O)Oc1ccc(C[C@H](NC(=O)C2CCCCC2)C(=O)O)cc1. The van der Waals surface area contributed by atoms with Gasteiger partial charge >= 0.3 is 12.1 Å². The van der Waals surface area contributed by atoms with Crippen LogP contribution in [-0.2, 0) is 16.0 Å². The van der Waals surface area contributed by atoms with Crippen molar-refractivity contribution < 1.29 is 24.2 Å². The number of hydrogen-bond donors (Lipinski definition) is 2. The Bertz CT molecular complexity index is 636. The molecular weight excluding hydrogens is 336 g/mol. The molecule has 1 aromatic rings. The Labute approximate surface area is 153 Å². The van der Waals surface area contributed by atoms with E-state index < -0.39 is 18.1 Å². The molecule has 26 heavy (non-hydrogen) atoms. The number of amides is 2. The van der Waals surface area contributed by atoms with E-state index in [-0.39, 0.29) is 18.2 Å². The third kappa shape index (κ3) is 5.75. The lowest BCUT2D eigenvalue weighted by atomic mass is 9.88. The Balaban J connectivity index is 1.95. The number of aliphatic carboxylic acids is 1. The van der Waals surface area contributed by atoms with Crippen LogP contribution in [0, 0.1) is 5.92 Å². The zero-order chi connectivity index (χ0) is 19.1. The van der Waals surface area contributed by atoms with Gasteiger partial charge in [-0.15, -0.1) is 0 Å². The van der Waals surface area contributed by atoms with Gasteiger partial charge in [0.15, 0.2) is 0 Å². The summed E-state index contributed by atoms with van der Waals surface area (Å²) >= 11 is 0. The minimum atomic E-state index is -1.06. The molecule has 0 unspecified atom stereocenters. The Kier molecular flexibility index (Phi) is 7.00. The van der Waals surface area contributed by atoms with E-state index >= 15 is 0 Å². The maximum Gasteiger partial charge on any atom is 0.414 e. The van der Waals surface area contributed by atoms with Crippen LogP contribution in [-0.4, -0.2) is 48.1 Å². The first-order chi connectivity index (χ1) is 12.4. The highest BCUT2D eigenvalue weighted by molar-refractivity contribution is 5.85. The molecule has 0 heterocycles. The maximum atomic E-state index is 12.3. The Hall–Kier alpha value is -2.57. The highest BCUT2D eigenvalue weighted by atomic mass is 16.6. The summed E-state index contributed by atoms with van der Waals surface area (Å²) in [6.45, 7) is 0. The molecular formula is C19H26N2O5. The van der Waals surface area contributed by atoms with Crippen molar-refractivity contribution in [2.45, 2.75) is 44.6 Å². The summed E-state index contributed by atoms with van der Waals surface area (Å²) in [4.78, 5) is 36.7. The van der Waals surface area contributed by atoms with Gasteiger partial charge in [-0.3, -0.25) is 4.79 Å². The Morgan fingerprint density at radius 1 is 1.15 bits per heavy atom. The molecule has 7 heteroatoms. The molecule has 0 bridgehead atoms. The van der Waals surface area contributed by atoms with Gasteiger partial charge in [0.1, 0.15) is 11.8 Å². The first kappa shape index (κ1) is 19.8. The van der Waals surface area contributed by atoms with Gasteiger partial charge in [0, 0.05) is 26.4 Å². The summed E-state index contributed by atoms with van der Waals surface area (Å²) in [6, 6.07) is 5.64. The average molecular weight is 362 g/mol. The summed E-state index contributed by atoms with van der Waals surface area (Å²) in [5.74, 6) is -0.935. The lowest BCUT2D eigenvalue weighted by Crippen LogP contribution is -2.45. The van der Waals surface area contributed by atoms with Gasteiger partial charge in [0.05, 0.1) is 0 Å². The van der Waals surface area contributed by atoms with E-state index in [4.69, 9.17) is 4.74 Å². The van der Waals surface area contributed by atoms with Gasteiger partial charge in [-0.25, -0.2) is 9.59 Å². The molecule has 2 N–H and O–H groups in total. The van der Waals surface area contributed by atoms with Gasteiger partial charge < -0.3 is 20.1 Å². The van der Waals surface area contributed by atoms with Gasteiger partial charge in [-0.2, -0.15) is 0 Å². The largest absolute Gasteiger partial charge is 0.480 e. The minimum absolute atomic E-state index is 0.0848. The number of nitrogens with zero attached hydrogens (tertiary/aromatic N) is 1. The molecule has 2 rings (SSSR count). The number of carboxylic acids is 1. The number of carbonyl (C=O) groups excluding carboxylic acids is 2. The molecule has 1 atom stereocenters. The Morgan fingerprint density at radius 2 is 1.77 bits per heavy atom. The van der Waals surface area contributed by atoms with Crippen molar-refractivity contribution in [2.24, 2.45) is 5.92 Å². The summed E-state index contributed by atoms with van der Waals surface area (Å²) in [5, 5.41) is 12.1. The fourth-order valence-corrected chi connectivity index (χ4v) is 2.98. The maximum absolute atomic E-state index is 12.3. The summed E-state index contributed by atoms with van der Waals surface area (Å²) in [7, 11) is 3.17. The van der Waals surface area contributed by atoms with E-state index in [2.05, 4.69) is 5.32 Å². The van der Waals surface area contributed by atoms with E-state index in [0.717, 1.165) is 37.7 Å². The number of rotatable bonds is 6. The second-order valence-corrected chi connectivity index (χ2v) is 6.84. The zero-order valence-electron chi connectivity index (χ0n) is 15.2. The van der Waals surface area contributed by atoms with Crippen LogP contribution in [0.15, 0.2) is 24.3 Å². The fraction of sp³-hybridized carbons (Fsp3) is 0.526. The molecule has 0 spiro atoms. The summed E-state index contributed by atoms with van der Waals surface area (Å²) in [6.07, 6.45) is 4.51. The van der Waals surface area contributed by atoms with Gasteiger partial charge in [-0.1, -0.05) is 31.4 Å². The zero-order valence-corrected chi connectivity index (χ0v) is 15.2. The molecule has 2 amide bonds. The van der Waals surface area contributed by atoms with E-state index in [1.54, 1.807) is 38.4 Å². The average Bonchev–Trinajstić information content (AvgIpc) is 2.63. The molecule has 0 aromatic heterocycles. The van der Waals surface area contributed by atoms with E-state index in [1.807, 2.05) is 0 Å². The third-order valence-electron chi connectivity index (χ3n) is 4.52. The quantitative estimate of drug-likeness (QED) is 0.810. The molecule has 1 aromatic carbocycles. The Morgan fingerprint density at radius 3 is 2.31 bits per heavy atom. The molecule has 7 nitrogen and oxygen atoms in total. The number of nitrogens with one attached hydrogen (secondary N) is 1. The monoisotopic (exact) mass is 362 g/mol. The first-order valence-electron chi connectivity index (χ1n) is 8.88. The van der Waals surface area contributed by atoms with Crippen LogP contribution in [0.4, 0.5) is 4.79 Å². The van der Waals surface area contributed by atoms with Crippen molar-refractivity contribution in [3.05, 3.63) is 29.8 Å². The smallest absolute Gasteiger partial charge is 0.414 e. The number of ether oxygens (including phenoxy) is 1. The van der Waals surface area contributed by atoms with Gasteiger partial charge in [0.2, 0.25) is 5.91 Å². The summed E-state index contributed by atoms with van der Waals surface area (Å²) in [5.41, 5.74) is 0.742. The second kappa shape index (κ2) is 9.22. The fourth-order valence-electron chi connectivity index (χ4n) is 2.98. The van der Waals surface area contributed by atoms with E-state index in [9.17, 15) is 19.5 Å². The number of hydrogen-bond acceptors (Lipinski definition) is 4. The van der Waals surface area contributed by atoms with Crippen molar-refractivity contribution in [1.29, 1.82) is 0 Å². The first-order valence-corrected chi connectivity index (χ1v) is 8.88. The topological polar surface area (TPSA) is 95.9 Å². The molecule has 1 fully saturated rings. The molecule has 0 aliphatic heterocycles. The van der Waals surface area contributed by atoms with Crippen LogP contribution in [0.5, 0.6) is 5.75 Å². The van der Waals surface area contributed by atoms with Crippen LogP contribution in [0.1, 0.15) is 37.7 Å². The number of carbonyl (C=O) groups is 3. The lowest BCUT2D eigenvalue weighted by molar-refractivity contribution is -0.142.